The summed E-state index contributed by atoms with van der Waals surface area (Å²) in [7, 11) is 0. The first-order valence-corrected chi connectivity index (χ1v) is 8.60. The van der Waals surface area contributed by atoms with Gasteiger partial charge in [-0.15, -0.1) is 0 Å². The van der Waals surface area contributed by atoms with Crippen molar-refractivity contribution >= 4 is 5.91 Å². The number of alkyl halides is 2. The second-order valence-corrected chi connectivity index (χ2v) is 6.43. The van der Waals surface area contributed by atoms with Crippen LogP contribution in [-0.4, -0.2) is 28.6 Å². The molecule has 0 saturated heterocycles. The molecule has 1 saturated carbocycles. The SMILES string of the molecule is O=C(COCc1ccccc1)NCc1nc(C2CCC(F)(F)CC2)no1. The molecule has 1 aromatic heterocycles. The third-order valence-corrected chi connectivity index (χ3v) is 4.35. The van der Waals surface area contributed by atoms with Crippen molar-refractivity contribution in [1.29, 1.82) is 0 Å². The van der Waals surface area contributed by atoms with Crippen molar-refractivity contribution in [2.24, 2.45) is 0 Å². The number of ether oxygens (including phenoxy) is 1. The van der Waals surface area contributed by atoms with Crippen LogP contribution >= 0.6 is 0 Å². The molecule has 1 aromatic carbocycles. The predicted molar refractivity (Wildman–Crippen MR) is 88.4 cm³/mol. The molecule has 8 heteroatoms. The summed E-state index contributed by atoms with van der Waals surface area (Å²) in [5.74, 6) is -2.30. The molecule has 0 bridgehead atoms. The van der Waals surface area contributed by atoms with E-state index in [1.807, 2.05) is 30.3 Å². The first-order valence-electron chi connectivity index (χ1n) is 8.60. The number of aromatic nitrogens is 2. The van der Waals surface area contributed by atoms with Crippen LogP contribution in [0.1, 0.15) is 48.9 Å². The van der Waals surface area contributed by atoms with Crippen molar-refractivity contribution in [1.82, 2.24) is 15.5 Å². The number of benzene rings is 1. The number of halogens is 2. The van der Waals surface area contributed by atoms with Crippen molar-refractivity contribution in [3.8, 4) is 0 Å². The zero-order valence-electron chi connectivity index (χ0n) is 14.3. The second kappa shape index (κ2) is 8.35. The van der Waals surface area contributed by atoms with Gasteiger partial charge in [0.2, 0.25) is 17.7 Å². The smallest absolute Gasteiger partial charge is 0.248 e. The predicted octanol–water partition coefficient (Wildman–Crippen LogP) is 3.20. The van der Waals surface area contributed by atoms with Gasteiger partial charge in [-0.1, -0.05) is 35.5 Å². The van der Waals surface area contributed by atoms with Gasteiger partial charge in [0.25, 0.3) is 0 Å². The van der Waals surface area contributed by atoms with E-state index < -0.39 is 5.92 Å². The zero-order chi connectivity index (χ0) is 18.4. The van der Waals surface area contributed by atoms with Gasteiger partial charge in [0.1, 0.15) is 6.61 Å². The molecule has 140 valence electrons. The minimum Gasteiger partial charge on any atom is -0.367 e. The van der Waals surface area contributed by atoms with Gasteiger partial charge < -0.3 is 14.6 Å². The normalized spacial score (nSPS) is 17.2. The van der Waals surface area contributed by atoms with Gasteiger partial charge in [-0.2, -0.15) is 4.98 Å². The molecule has 0 radical (unpaired) electrons. The molecule has 0 spiro atoms. The summed E-state index contributed by atoms with van der Waals surface area (Å²) in [4.78, 5) is 16.0. The van der Waals surface area contributed by atoms with Crippen LogP contribution in [0.25, 0.3) is 0 Å². The first kappa shape index (κ1) is 18.4. The molecular weight excluding hydrogens is 344 g/mol. The summed E-state index contributed by atoms with van der Waals surface area (Å²) < 4.78 is 36.8. The van der Waals surface area contributed by atoms with Crippen LogP contribution in [0.2, 0.25) is 0 Å². The Morgan fingerprint density at radius 3 is 2.73 bits per heavy atom. The van der Waals surface area contributed by atoms with Gasteiger partial charge in [-0.25, -0.2) is 8.78 Å². The Morgan fingerprint density at radius 1 is 1.27 bits per heavy atom. The highest BCUT2D eigenvalue weighted by Crippen LogP contribution is 2.39. The van der Waals surface area contributed by atoms with Gasteiger partial charge in [0.15, 0.2) is 5.82 Å². The topological polar surface area (TPSA) is 77.2 Å². The van der Waals surface area contributed by atoms with Crippen molar-refractivity contribution in [2.45, 2.75) is 50.7 Å². The van der Waals surface area contributed by atoms with E-state index in [-0.39, 0.29) is 43.7 Å². The molecular formula is C18H21F2N3O3. The Morgan fingerprint density at radius 2 is 2.00 bits per heavy atom. The lowest BCUT2D eigenvalue weighted by Crippen LogP contribution is -2.27. The molecule has 0 atom stereocenters. The van der Waals surface area contributed by atoms with Crippen molar-refractivity contribution < 1.29 is 22.8 Å². The van der Waals surface area contributed by atoms with E-state index in [0.29, 0.717) is 25.3 Å². The maximum absolute atomic E-state index is 13.2. The molecule has 26 heavy (non-hydrogen) atoms. The lowest BCUT2D eigenvalue weighted by molar-refractivity contribution is -0.126. The molecule has 2 aromatic rings. The van der Waals surface area contributed by atoms with Crippen molar-refractivity contribution in [3.05, 3.63) is 47.6 Å². The average molecular weight is 365 g/mol. The van der Waals surface area contributed by atoms with E-state index in [2.05, 4.69) is 15.5 Å². The Labute approximate surface area is 149 Å². The van der Waals surface area contributed by atoms with Crippen molar-refractivity contribution in [2.75, 3.05) is 6.61 Å². The molecule has 1 fully saturated rings. The van der Waals surface area contributed by atoms with Crippen LogP contribution in [0.15, 0.2) is 34.9 Å². The molecule has 0 unspecified atom stereocenters. The van der Waals surface area contributed by atoms with E-state index >= 15 is 0 Å². The first-order chi connectivity index (χ1) is 12.5. The van der Waals surface area contributed by atoms with Crippen LogP contribution in [0, 0.1) is 0 Å². The highest BCUT2D eigenvalue weighted by Gasteiger charge is 2.36. The fraction of sp³-hybridized carbons (Fsp3) is 0.500. The summed E-state index contributed by atoms with van der Waals surface area (Å²) in [6.07, 6.45) is 0.366. The summed E-state index contributed by atoms with van der Waals surface area (Å²) in [6.45, 7) is 0.363. The molecule has 1 aliphatic carbocycles. The molecule has 0 aliphatic heterocycles. The summed E-state index contributed by atoms with van der Waals surface area (Å²) >= 11 is 0. The fourth-order valence-electron chi connectivity index (χ4n) is 2.87. The summed E-state index contributed by atoms with van der Waals surface area (Å²) in [5.41, 5.74) is 0.986. The van der Waals surface area contributed by atoms with Crippen LogP contribution < -0.4 is 5.32 Å². The zero-order valence-corrected chi connectivity index (χ0v) is 14.3. The maximum atomic E-state index is 13.2. The van der Waals surface area contributed by atoms with Crippen molar-refractivity contribution in [3.63, 3.8) is 0 Å². The van der Waals surface area contributed by atoms with Crippen LogP contribution in [0.4, 0.5) is 8.78 Å². The summed E-state index contributed by atoms with van der Waals surface area (Å²) in [5, 5.41) is 6.49. The fourth-order valence-corrected chi connectivity index (χ4v) is 2.87. The number of hydrogen-bond donors (Lipinski definition) is 1. The second-order valence-electron chi connectivity index (χ2n) is 6.43. The van der Waals surface area contributed by atoms with Crippen LogP contribution in [-0.2, 0) is 22.7 Å². The number of carbonyl (C=O) groups excluding carboxylic acids is 1. The third kappa shape index (κ3) is 5.32. The largest absolute Gasteiger partial charge is 0.367 e. The third-order valence-electron chi connectivity index (χ3n) is 4.35. The monoisotopic (exact) mass is 365 g/mol. The molecule has 6 nitrogen and oxygen atoms in total. The molecule has 3 rings (SSSR count). The van der Waals surface area contributed by atoms with Crippen LogP contribution in [0.3, 0.4) is 0 Å². The minimum atomic E-state index is -2.59. The van der Waals surface area contributed by atoms with E-state index in [9.17, 15) is 13.6 Å². The number of carbonyl (C=O) groups is 1. The average Bonchev–Trinajstić information content (AvgIpc) is 3.10. The van der Waals surface area contributed by atoms with E-state index in [4.69, 9.17) is 9.26 Å². The standard InChI is InChI=1S/C18H21F2N3O3/c19-18(20)8-6-14(7-9-18)17-22-16(26-23-17)10-21-15(24)12-25-11-13-4-2-1-3-5-13/h1-5,14H,6-12H2,(H,21,24). The highest BCUT2D eigenvalue weighted by atomic mass is 19.3. The van der Waals surface area contributed by atoms with E-state index in [1.54, 1.807) is 0 Å². The number of amides is 1. The van der Waals surface area contributed by atoms with Gasteiger partial charge in [0, 0.05) is 18.8 Å². The Bertz CT molecular complexity index is 711. The molecule has 1 heterocycles. The van der Waals surface area contributed by atoms with Crippen LogP contribution in [0.5, 0.6) is 0 Å². The summed E-state index contributed by atoms with van der Waals surface area (Å²) in [6, 6.07) is 9.55. The Hall–Kier alpha value is -2.35. The highest BCUT2D eigenvalue weighted by molar-refractivity contribution is 5.77. The number of rotatable bonds is 7. The molecule has 1 amide bonds. The number of nitrogens with zero attached hydrogens (tertiary/aromatic N) is 2. The van der Waals surface area contributed by atoms with E-state index in [1.165, 1.54) is 0 Å². The van der Waals surface area contributed by atoms with E-state index in [0.717, 1.165) is 5.56 Å². The van der Waals surface area contributed by atoms with Gasteiger partial charge in [-0.3, -0.25) is 4.79 Å². The maximum Gasteiger partial charge on any atom is 0.248 e. The lowest BCUT2D eigenvalue weighted by atomic mass is 9.86. The molecule has 1 aliphatic rings. The Kier molecular flexibility index (Phi) is 5.92. The number of hydrogen-bond acceptors (Lipinski definition) is 5. The van der Waals surface area contributed by atoms with Gasteiger partial charge in [0.05, 0.1) is 13.2 Å². The minimum absolute atomic E-state index is 0.0758. The molecule has 1 N–H and O–H groups in total. The van der Waals surface area contributed by atoms with Gasteiger partial charge in [-0.05, 0) is 18.4 Å². The van der Waals surface area contributed by atoms with Gasteiger partial charge >= 0.3 is 0 Å². The lowest BCUT2D eigenvalue weighted by Gasteiger charge is -2.26. The Balaban J connectivity index is 1.38. The quantitative estimate of drug-likeness (QED) is 0.815. The number of nitrogens with one attached hydrogen (secondary N) is 1.